The Morgan fingerprint density at radius 3 is 1.35 bits per heavy atom. The van der Waals surface area contributed by atoms with Gasteiger partial charge in [0.05, 0.1) is 38.6 Å². The van der Waals surface area contributed by atoms with E-state index in [1.165, 1.54) is 96.3 Å². The average molecular weight is 1130 g/mol. The lowest BCUT2D eigenvalue weighted by Gasteiger charge is -2.48. The maximum atomic E-state index is 13.3. The number of rotatable bonds is 44. The van der Waals surface area contributed by atoms with Crippen LogP contribution < -0.4 is 5.32 Å². The van der Waals surface area contributed by atoms with E-state index >= 15 is 0 Å². The molecule has 3 aliphatic heterocycles. The molecule has 79 heavy (non-hydrogen) atoms. The van der Waals surface area contributed by atoms with Crippen molar-refractivity contribution in [3.05, 3.63) is 48.6 Å². The topological polar surface area (TPSA) is 307 Å². The first-order valence-corrected chi connectivity index (χ1v) is 30.4. The van der Waals surface area contributed by atoms with Crippen molar-refractivity contribution in [3.63, 3.8) is 0 Å². The highest BCUT2D eigenvalue weighted by Gasteiger charge is 2.53. The van der Waals surface area contributed by atoms with Crippen LogP contribution in [0.25, 0.3) is 0 Å². The zero-order valence-corrected chi connectivity index (χ0v) is 47.8. The van der Waals surface area contributed by atoms with Crippen LogP contribution in [0.3, 0.4) is 0 Å². The predicted molar refractivity (Wildman–Crippen MR) is 300 cm³/mol. The molecule has 12 N–H and O–H groups in total. The minimum atomic E-state index is -1.98. The van der Waals surface area contributed by atoms with Gasteiger partial charge in [0.15, 0.2) is 18.9 Å². The van der Waals surface area contributed by atoms with Crippen LogP contribution in [0.15, 0.2) is 48.6 Å². The van der Waals surface area contributed by atoms with E-state index in [-0.39, 0.29) is 18.9 Å². The molecule has 3 saturated heterocycles. The van der Waals surface area contributed by atoms with E-state index in [2.05, 4.69) is 55.6 Å². The molecule has 17 unspecified atom stereocenters. The summed E-state index contributed by atoms with van der Waals surface area (Å²) in [7, 11) is 0. The standard InChI is InChI=1S/C60H107NO18/c1-3-5-7-9-11-13-15-17-19-21-22-23-25-27-29-31-33-35-37-44(65)43(61-48(66)38-36-34-32-30-28-26-24-20-18-16-14-12-10-8-6-4-2)42-74-58-54(72)51(69)56(46(40-63)76-58)79-60-55(73)52(70)57(47(41-64)77-60)78-59-53(71)50(68)49(67)45(39-62)75-59/h14,16,20,24,27,29,35,37,43-47,49-60,62-65,67-73H,3-13,15,17-19,21-23,25-26,28,30-34,36,38-42H2,1-2H3,(H,61,66)/b16-14-,24-20-,29-27+,37-35+. The third kappa shape index (κ3) is 27.3. The molecule has 0 aliphatic carbocycles. The molecule has 460 valence electrons. The minimum Gasteiger partial charge on any atom is -0.394 e. The van der Waals surface area contributed by atoms with Gasteiger partial charge < -0.3 is 89.9 Å². The lowest BCUT2D eigenvalue weighted by atomic mass is 9.96. The Balaban J connectivity index is 1.53. The van der Waals surface area contributed by atoms with Gasteiger partial charge in [0.2, 0.25) is 5.91 Å². The highest BCUT2D eigenvalue weighted by Crippen LogP contribution is 2.33. The largest absolute Gasteiger partial charge is 0.394 e. The maximum Gasteiger partial charge on any atom is 0.220 e. The zero-order chi connectivity index (χ0) is 57.6. The normalized spacial score (nSPS) is 30.6. The predicted octanol–water partition coefficient (Wildman–Crippen LogP) is 5.48. The number of carbonyl (C=O) groups is 1. The number of hydrogen-bond acceptors (Lipinski definition) is 18. The quantitative estimate of drug-likeness (QED) is 0.0265. The van der Waals surface area contributed by atoms with Crippen LogP contribution in [0.5, 0.6) is 0 Å². The molecular formula is C60H107NO18. The summed E-state index contributed by atoms with van der Waals surface area (Å²) in [6, 6.07) is -0.997. The second kappa shape index (κ2) is 43.4. The molecule has 0 bridgehead atoms. The van der Waals surface area contributed by atoms with Crippen LogP contribution in [0.4, 0.5) is 0 Å². The van der Waals surface area contributed by atoms with Crippen molar-refractivity contribution in [2.45, 2.75) is 298 Å². The zero-order valence-electron chi connectivity index (χ0n) is 47.8. The Morgan fingerprint density at radius 1 is 0.456 bits per heavy atom. The summed E-state index contributed by atoms with van der Waals surface area (Å²) in [4.78, 5) is 13.3. The van der Waals surface area contributed by atoms with Gasteiger partial charge in [-0.2, -0.15) is 0 Å². The van der Waals surface area contributed by atoms with Crippen LogP contribution >= 0.6 is 0 Å². The molecule has 0 aromatic heterocycles. The molecule has 3 heterocycles. The summed E-state index contributed by atoms with van der Waals surface area (Å²) in [5.74, 6) is -0.301. The van der Waals surface area contributed by atoms with Crippen molar-refractivity contribution in [1.82, 2.24) is 5.32 Å². The molecule has 3 rings (SSSR count). The van der Waals surface area contributed by atoms with Crippen molar-refractivity contribution < 1.29 is 89.4 Å². The van der Waals surface area contributed by atoms with Crippen LogP contribution in [0, 0.1) is 0 Å². The van der Waals surface area contributed by atoms with Crippen molar-refractivity contribution in [1.29, 1.82) is 0 Å². The number of nitrogens with one attached hydrogen (secondary N) is 1. The number of allylic oxidation sites excluding steroid dienone is 7. The molecule has 19 nitrogen and oxygen atoms in total. The average Bonchev–Trinajstić information content (AvgIpc) is 3.49. The fourth-order valence-corrected chi connectivity index (χ4v) is 10.1. The molecule has 3 aliphatic rings. The number of carbonyl (C=O) groups excluding carboxylic acids is 1. The van der Waals surface area contributed by atoms with Gasteiger partial charge in [-0.25, -0.2) is 0 Å². The van der Waals surface area contributed by atoms with Gasteiger partial charge in [0, 0.05) is 6.42 Å². The first-order chi connectivity index (χ1) is 38.3. The van der Waals surface area contributed by atoms with Crippen molar-refractivity contribution >= 4 is 5.91 Å². The van der Waals surface area contributed by atoms with E-state index in [0.717, 1.165) is 64.2 Å². The molecule has 3 fully saturated rings. The van der Waals surface area contributed by atoms with Crippen LogP contribution in [0.2, 0.25) is 0 Å². The molecule has 0 saturated carbocycles. The lowest BCUT2D eigenvalue weighted by molar-refractivity contribution is -0.379. The highest BCUT2D eigenvalue weighted by atomic mass is 16.8. The lowest BCUT2D eigenvalue weighted by Crippen LogP contribution is -2.66. The Kier molecular flexibility index (Phi) is 39.0. The van der Waals surface area contributed by atoms with Gasteiger partial charge in [-0.15, -0.1) is 0 Å². The summed E-state index contributed by atoms with van der Waals surface area (Å²) in [5, 5.41) is 120. The SMILES string of the molecule is CCCCCC/C=C\C/C=C\CCCCCCCC(=O)NC(COC1OC(CO)C(OC2OC(CO)C(OC3OC(CO)C(O)C(O)C3O)C(O)C2O)C(O)C1O)C(O)/C=C/CC/C=C/CCCCCCCCCCCCCC. The number of unbranched alkanes of at least 4 members (excludes halogenated alkanes) is 22. The van der Waals surface area contributed by atoms with Crippen molar-refractivity contribution in [2.75, 3.05) is 26.4 Å². The van der Waals surface area contributed by atoms with Gasteiger partial charge in [0.1, 0.15) is 73.2 Å². The number of aliphatic hydroxyl groups is 11. The van der Waals surface area contributed by atoms with Gasteiger partial charge >= 0.3 is 0 Å². The fourth-order valence-electron chi connectivity index (χ4n) is 10.1. The van der Waals surface area contributed by atoms with Gasteiger partial charge in [0.25, 0.3) is 0 Å². The Labute approximate surface area is 472 Å². The number of amides is 1. The molecule has 0 spiro atoms. The molecule has 19 heteroatoms. The monoisotopic (exact) mass is 1130 g/mol. The Morgan fingerprint density at radius 2 is 0.848 bits per heavy atom. The van der Waals surface area contributed by atoms with Crippen molar-refractivity contribution in [3.8, 4) is 0 Å². The van der Waals surface area contributed by atoms with Gasteiger partial charge in [-0.1, -0.05) is 172 Å². The van der Waals surface area contributed by atoms with E-state index in [1.807, 2.05) is 6.08 Å². The van der Waals surface area contributed by atoms with E-state index in [4.69, 9.17) is 28.4 Å². The van der Waals surface area contributed by atoms with Crippen LogP contribution in [0.1, 0.15) is 194 Å². The first-order valence-electron chi connectivity index (χ1n) is 30.4. The summed E-state index contributed by atoms with van der Waals surface area (Å²) in [6.45, 7) is 1.66. The minimum absolute atomic E-state index is 0.218. The maximum absolute atomic E-state index is 13.3. The summed E-state index contributed by atoms with van der Waals surface area (Å²) in [6.07, 6.45) is 20.9. The molecular weight excluding hydrogens is 1020 g/mol. The fraction of sp³-hybridized carbons (Fsp3) is 0.850. The van der Waals surface area contributed by atoms with E-state index in [9.17, 15) is 61.0 Å². The molecule has 0 radical (unpaired) electrons. The summed E-state index contributed by atoms with van der Waals surface area (Å²) >= 11 is 0. The molecule has 0 aromatic rings. The number of ether oxygens (including phenoxy) is 6. The molecule has 17 atom stereocenters. The number of aliphatic hydroxyl groups excluding tert-OH is 11. The summed E-state index contributed by atoms with van der Waals surface area (Å²) in [5.41, 5.74) is 0. The molecule has 1 amide bonds. The van der Waals surface area contributed by atoms with E-state index < -0.39 is 124 Å². The first kappa shape index (κ1) is 71.0. The summed E-state index contributed by atoms with van der Waals surface area (Å²) < 4.78 is 34.2. The molecule has 0 aromatic carbocycles. The van der Waals surface area contributed by atoms with E-state index in [0.29, 0.717) is 12.8 Å². The van der Waals surface area contributed by atoms with Gasteiger partial charge in [-0.05, 0) is 64.2 Å². The number of hydrogen-bond donors (Lipinski definition) is 12. The smallest absolute Gasteiger partial charge is 0.220 e. The van der Waals surface area contributed by atoms with Gasteiger partial charge in [-0.3, -0.25) is 4.79 Å². The third-order valence-electron chi connectivity index (χ3n) is 15.1. The second-order valence-corrected chi connectivity index (χ2v) is 21.8. The second-order valence-electron chi connectivity index (χ2n) is 21.8. The Bertz CT molecular complexity index is 1630. The van der Waals surface area contributed by atoms with Crippen LogP contribution in [-0.4, -0.2) is 193 Å². The third-order valence-corrected chi connectivity index (χ3v) is 15.1. The van der Waals surface area contributed by atoms with E-state index in [1.54, 1.807) is 6.08 Å². The Hall–Kier alpha value is -2.25. The van der Waals surface area contributed by atoms with Crippen LogP contribution in [-0.2, 0) is 33.2 Å². The van der Waals surface area contributed by atoms with Crippen molar-refractivity contribution in [2.24, 2.45) is 0 Å². The highest BCUT2D eigenvalue weighted by molar-refractivity contribution is 5.76.